The Balaban J connectivity index is -0.000000126. The van der Waals surface area contributed by atoms with Crippen LogP contribution in [0.1, 0.15) is 26.2 Å². The summed E-state index contributed by atoms with van der Waals surface area (Å²) in [5.74, 6) is 0. The molecule has 0 fully saturated rings. The second kappa shape index (κ2) is 11.5. The van der Waals surface area contributed by atoms with E-state index >= 15 is 0 Å². The van der Waals surface area contributed by atoms with Gasteiger partial charge < -0.3 is 4.79 Å². The molecule has 0 aromatic carbocycles. The van der Waals surface area contributed by atoms with Gasteiger partial charge in [0.15, 0.2) is 0 Å². The van der Waals surface area contributed by atoms with Crippen LogP contribution in [0.25, 0.3) is 0 Å². The van der Waals surface area contributed by atoms with Crippen molar-refractivity contribution < 1.29 is 51.9 Å². The normalized spacial score (nSPS) is 8.92. The molecular formula is C5H11NaO5S. The zero-order valence-electron chi connectivity index (χ0n) is 7.15. The fourth-order valence-electron chi connectivity index (χ4n) is 0.249. The third-order valence-electron chi connectivity index (χ3n) is 0.632. The van der Waals surface area contributed by atoms with Gasteiger partial charge in [-0.15, -0.1) is 0 Å². The average molecular weight is 206 g/mol. The Kier molecular flexibility index (Phi) is 17.6. The summed E-state index contributed by atoms with van der Waals surface area (Å²) in [7, 11) is -4.67. The van der Waals surface area contributed by atoms with Crippen LogP contribution in [0.2, 0.25) is 0 Å². The monoisotopic (exact) mass is 206 g/mol. The molecular weight excluding hydrogens is 195 g/mol. The van der Waals surface area contributed by atoms with Crippen molar-refractivity contribution >= 4 is 16.7 Å². The van der Waals surface area contributed by atoms with E-state index in [1.54, 1.807) is 0 Å². The molecule has 68 valence electrons. The molecule has 7 heteroatoms. The number of hydrogen-bond acceptors (Lipinski definition) is 3. The Morgan fingerprint density at radius 1 is 1.33 bits per heavy atom. The summed E-state index contributed by atoms with van der Waals surface area (Å²) in [6, 6.07) is 0. The maximum absolute atomic E-state index is 9.44. The minimum atomic E-state index is -4.67. The van der Waals surface area contributed by atoms with Gasteiger partial charge in [0.1, 0.15) is 0 Å². The smallest absolute Gasteiger partial charge is 0.542 e. The van der Waals surface area contributed by atoms with E-state index in [4.69, 9.17) is 17.5 Å². The van der Waals surface area contributed by atoms with Crippen LogP contribution in [0.3, 0.4) is 0 Å². The third kappa shape index (κ3) is 76.5. The van der Waals surface area contributed by atoms with Gasteiger partial charge >= 0.3 is 40.0 Å². The van der Waals surface area contributed by atoms with Crippen LogP contribution in [-0.4, -0.2) is 23.8 Å². The van der Waals surface area contributed by atoms with Gasteiger partial charge in [-0.3, -0.25) is 15.4 Å². The molecule has 12 heavy (non-hydrogen) atoms. The van der Waals surface area contributed by atoms with Crippen LogP contribution < -0.4 is 29.6 Å². The molecule has 0 aromatic rings. The molecule has 2 N–H and O–H groups in total. The van der Waals surface area contributed by atoms with Crippen molar-refractivity contribution in [2.45, 2.75) is 26.2 Å². The molecule has 0 saturated heterocycles. The summed E-state index contributed by atoms with van der Waals surface area (Å²) in [4.78, 5) is 9.44. The summed E-state index contributed by atoms with van der Waals surface area (Å²) in [6.45, 7) is 2.05. The Bertz CT molecular complexity index is 168. The molecule has 0 rings (SSSR count). The van der Waals surface area contributed by atoms with Crippen molar-refractivity contribution in [2.24, 2.45) is 0 Å². The molecule has 0 bridgehead atoms. The Morgan fingerprint density at radius 3 is 1.75 bits per heavy atom. The summed E-state index contributed by atoms with van der Waals surface area (Å²) < 4.78 is 31.6. The molecule has 0 saturated carbocycles. The molecule has 0 aliphatic carbocycles. The van der Waals surface area contributed by atoms with E-state index in [-0.39, 0.29) is 29.6 Å². The standard InChI is InChI=1S/C5H9O.Na.H2O4S/c1-2-3-4-5-6;;1-5(2,3)4/h2-4H2,1H3;;(H2,1,2,3,4)/q-1;+1;. The van der Waals surface area contributed by atoms with Gasteiger partial charge in [0.25, 0.3) is 0 Å². The third-order valence-corrected chi connectivity index (χ3v) is 0.632. The first-order chi connectivity index (χ1) is 4.91. The van der Waals surface area contributed by atoms with Gasteiger partial charge in [-0.25, -0.2) is 0 Å². The molecule has 0 aliphatic heterocycles. The fraction of sp³-hybridized carbons (Fsp3) is 0.800. The quantitative estimate of drug-likeness (QED) is 0.233. The van der Waals surface area contributed by atoms with E-state index < -0.39 is 10.4 Å². The molecule has 5 nitrogen and oxygen atoms in total. The zero-order chi connectivity index (χ0) is 9.33. The zero-order valence-corrected chi connectivity index (χ0v) is 9.97. The van der Waals surface area contributed by atoms with Crippen LogP contribution in [0.5, 0.6) is 0 Å². The van der Waals surface area contributed by atoms with Crippen molar-refractivity contribution in [3.8, 4) is 0 Å². The van der Waals surface area contributed by atoms with Gasteiger partial charge in [-0.2, -0.15) is 14.8 Å². The van der Waals surface area contributed by atoms with Crippen molar-refractivity contribution in [3.63, 3.8) is 0 Å². The number of carbonyl (C=O) groups excluding carboxylic acids is 1. The topological polar surface area (TPSA) is 91.7 Å². The molecule has 0 radical (unpaired) electrons. The minimum Gasteiger partial charge on any atom is -0.542 e. The van der Waals surface area contributed by atoms with Crippen molar-refractivity contribution in [2.75, 3.05) is 0 Å². The Morgan fingerprint density at radius 2 is 1.67 bits per heavy atom. The van der Waals surface area contributed by atoms with Gasteiger partial charge in [0, 0.05) is 0 Å². The molecule has 0 heterocycles. The van der Waals surface area contributed by atoms with E-state index in [2.05, 4.69) is 6.92 Å². The van der Waals surface area contributed by atoms with Crippen LogP contribution in [0, 0.1) is 0 Å². The average Bonchev–Trinajstić information content (AvgIpc) is 1.79. The summed E-state index contributed by atoms with van der Waals surface area (Å²) >= 11 is 0. The minimum absolute atomic E-state index is 0. The van der Waals surface area contributed by atoms with Gasteiger partial charge in [-0.05, 0) is 0 Å². The van der Waals surface area contributed by atoms with Crippen LogP contribution >= 0.6 is 0 Å². The SMILES string of the molecule is CCCC[C-]=O.O=S(=O)(O)O.[Na+]. The van der Waals surface area contributed by atoms with Crippen LogP contribution in [0.4, 0.5) is 0 Å². The molecule has 0 aliphatic rings. The van der Waals surface area contributed by atoms with Crippen molar-refractivity contribution in [1.82, 2.24) is 0 Å². The summed E-state index contributed by atoms with van der Waals surface area (Å²) in [6.07, 6.45) is 4.51. The van der Waals surface area contributed by atoms with Crippen molar-refractivity contribution in [1.29, 1.82) is 0 Å². The van der Waals surface area contributed by atoms with E-state index in [1.165, 1.54) is 0 Å². The fourth-order valence-corrected chi connectivity index (χ4v) is 0.249. The molecule has 0 amide bonds. The number of hydrogen-bond donors (Lipinski definition) is 2. The predicted octanol–water partition coefficient (Wildman–Crippen LogP) is -2.36. The molecule has 0 aromatic heterocycles. The van der Waals surface area contributed by atoms with E-state index in [0.717, 1.165) is 12.8 Å². The number of rotatable bonds is 3. The molecule has 0 atom stereocenters. The first kappa shape index (κ1) is 18.3. The van der Waals surface area contributed by atoms with Gasteiger partial charge in [-0.1, -0.05) is 19.8 Å². The maximum atomic E-state index is 9.44. The Hall–Kier alpha value is 0.540. The first-order valence-electron chi connectivity index (χ1n) is 2.96. The van der Waals surface area contributed by atoms with Crippen LogP contribution in [-0.2, 0) is 15.2 Å². The van der Waals surface area contributed by atoms with E-state index in [9.17, 15) is 4.79 Å². The maximum Gasteiger partial charge on any atom is 1.00 e. The summed E-state index contributed by atoms with van der Waals surface area (Å²) in [5.41, 5.74) is 0. The van der Waals surface area contributed by atoms with E-state index in [1.807, 2.05) is 6.29 Å². The largest absolute Gasteiger partial charge is 1.00 e. The van der Waals surface area contributed by atoms with Gasteiger partial charge in [0.2, 0.25) is 0 Å². The number of unbranched alkanes of at least 4 members (excludes halogenated alkanes) is 2. The second-order valence-electron chi connectivity index (χ2n) is 1.70. The second-order valence-corrected chi connectivity index (χ2v) is 2.59. The van der Waals surface area contributed by atoms with E-state index in [0.29, 0.717) is 6.42 Å². The Labute approximate surface area is 94.4 Å². The summed E-state index contributed by atoms with van der Waals surface area (Å²) in [5, 5.41) is 0. The molecule has 0 spiro atoms. The van der Waals surface area contributed by atoms with Gasteiger partial charge in [0.05, 0.1) is 0 Å². The first-order valence-corrected chi connectivity index (χ1v) is 4.36. The predicted molar refractivity (Wildman–Crippen MR) is 39.4 cm³/mol. The van der Waals surface area contributed by atoms with Crippen LogP contribution in [0.15, 0.2) is 0 Å². The van der Waals surface area contributed by atoms with Crippen molar-refractivity contribution in [3.05, 3.63) is 0 Å². The molecule has 0 unspecified atom stereocenters.